The third-order valence-corrected chi connectivity index (χ3v) is 4.43. The molecule has 0 saturated heterocycles. The number of aryl methyl sites for hydroxylation is 1. The van der Waals surface area contributed by atoms with Crippen molar-refractivity contribution in [3.05, 3.63) is 47.5 Å². The SMILES string of the molecule is Cc1ccc(C(C)C)cc1OCC(=O)Nc1ccc2c(c1)NC(=O)[C@@H](C)O2. The number of rotatable bonds is 5. The predicted octanol–water partition coefficient (Wildman–Crippen LogP) is 3.86. The number of fused-ring (bicyclic) bond motifs is 1. The van der Waals surface area contributed by atoms with Crippen LogP contribution in [0.15, 0.2) is 36.4 Å². The van der Waals surface area contributed by atoms with Crippen LogP contribution in [0.2, 0.25) is 0 Å². The molecule has 1 aliphatic heterocycles. The Bertz CT molecular complexity index is 876. The maximum absolute atomic E-state index is 12.2. The number of nitrogens with one attached hydrogen (secondary N) is 2. The minimum Gasteiger partial charge on any atom is -0.483 e. The Labute approximate surface area is 158 Å². The zero-order chi connectivity index (χ0) is 19.6. The summed E-state index contributed by atoms with van der Waals surface area (Å²) < 4.78 is 11.2. The highest BCUT2D eigenvalue weighted by Crippen LogP contribution is 2.32. The number of hydrogen-bond acceptors (Lipinski definition) is 4. The van der Waals surface area contributed by atoms with E-state index in [1.165, 1.54) is 0 Å². The van der Waals surface area contributed by atoms with E-state index in [4.69, 9.17) is 9.47 Å². The average molecular weight is 368 g/mol. The number of carbonyl (C=O) groups is 2. The third kappa shape index (κ3) is 4.39. The molecular formula is C21H24N2O4. The second-order valence-electron chi connectivity index (χ2n) is 6.98. The fourth-order valence-corrected chi connectivity index (χ4v) is 2.76. The summed E-state index contributed by atoms with van der Waals surface area (Å²) in [5, 5.41) is 5.53. The van der Waals surface area contributed by atoms with Crippen molar-refractivity contribution in [2.45, 2.75) is 39.7 Å². The van der Waals surface area contributed by atoms with Crippen LogP contribution in [-0.2, 0) is 9.59 Å². The molecule has 2 amide bonds. The smallest absolute Gasteiger partial charge is 0.265 e. The van der Waals surface area contributed by atoms with Gasteiger partial charge in [-0.3, -0.25) is 9.59 Å². The van der Waals surface area contributed by atoms with Crippen molar-refractivity contribution in [2.24, 2.45) is 0 Å². The molecule has 142 valence electrons. The first-order valence-corrected chi connectivity index (χ1v) is 8.98. The predicted molar refractivity (Wildman–Crippen MR) is 105 cm³/mol. The van der Waals surface area contributed by atoms with E-state index in [0.29, 0.717) is 28.8 Å². The Kier molecular flexibility index (Phi) is 5.35. The Morgan fingerprint density at radius 2 is 2.04 bits per heavy atom. The molecular weight excluding hydrogens is 344 g/mol. The van der Waals surface area contributed by atoms with Crippen molar-refractivity contribution < 1.29 is 19.1 Å². The fourth-order valence-electron chi connectivity index (χ4n) is 2.76. The number of amides is 2. The van der Waals surface area contributed by atoms with Crippen LogP contribution in [0.5, 0.6) is 11.5 Å². The van der Waals surface area contributed by atoms with Crippen LogP contribution in [0.4, 0.5) is 11.4 Å². The van der Waals surface area contributed by atoms with Gasteiger partial charge in [0, 0.05) is 5.69 Å². The molecule has 0 fully saturated rings. The summed E-state index contributed by atoms with van der Waals surface area (Å²) >= 11 is 0. The number of anilines is 2. The van der Waals surface area contributed by atoms with Crippen molar-refractivity contribution in [2.75, 3.05) is 17.2 Å². The number of hydrogen-bond donors (Lipinski definition) is 2. The molecule has 0 spiro atoms. The molecule has 2 aromatic carbocycles. The van der Waals surface area contributed by atoms with Gasteiger partial charge in [0.05, 0.1) is 5.69 Å². The molecule has 1 heterocycles. The summed E-state index contributed by atoms with van der Waals surface area (Å²) in [5.41, 5.74) is 3.25. The quantitative estimate of drug-likeness (QED) is 0.840. The van der Waals surface area contributed by atoms with Gasteiger partial charge in [-0.2, -0.15) is 0 Å². The maximum Gasteiger partial charge on any atom is 0.265 e. The lowest BCUT2D eigenvalue weighted by molar-refractivity contribution is -0.122. The summed E-state index contributed by atoms with van der Waals surface area (Å²) in [5.74, 6) is 1.18. The highest BCUT2D eigenvalue weighted by atomic mass is 16.5. The van der Waals surface area contributed by atoms with Gasteiger partial charge in [-0.05, 0) is 55.2 Å². The van der Waals surface area contributed by atoms with Gasteiger partial charge in [0.25, 0.3) is 11.8 Å². The van der Waals surface area contributed by atoms with Crippen molar-refractivity contribution in [1.82, 2.24) is 0 Å². The normalized spacial score (nSPS) is 15.6. The summed E-state index contributed by atoms with van der Waals surface area (Å²) in [6.07, 6.45) is -0.531. The largest absolute Gasteiger partial charge is 0.483 e. The van der Waals surface area contributed by atoms with Crippen molar-refractivity contribution in [3.63, 3.8) is 0 Å². The lowest BCUT2D eigenvalue weighted by Crippen LogP contribution is -2.34. The molecule has 0 aromatic heterocycles. The lowest BCUT2D eigenvalue weighted by atomic mass is 10.0. The van der Waals surface area contributed by atoms with E-state index in [0.717, 1.165) is 11.1 Å². The van der Waals surface area contributed by atoms with Gasteiger partial charge in [-0.15, -0.1) is 0 Å². The van der Waals surface area contributed by atoms with Crippen LogP contribution in [0, 0.1) is 6.92 Å². The van der Waals surface area contributed by atoms with Crippen LogP contribution in [0.3, 0.4) is 0 Å². The first kappa shape index (κ1) is 18.8. The Balaban J connectivity index is 1.63. The zero-order valence-corrected chi connectivity index (χ0v) is 16.0. The first-order valence-electron chi connectivity index (χ1n) is 8.98. The van der Waals surface area contributed by atoms with Gasteiger partial charge in [0.1, 0.15) is 11.5 Å². The Morgan fingerprint density at radius 1 is 1.26 bits per heavy atom. The summed E-state index contributed by atoms with van der Waals surface area (Å²) in [7, 11) is 0. The van der Waals surface area contributed by atoms with Crippen LogP contribution < -0.4 is 20.1 Å². The van der Waals surface area contributed by atoms with Gasteiger partial charge in [-0.1, -0.05) is 26.0 Å². The van der Waals surface area contributed by atoms with E-state index in [-0.39, 0.29) is 18.4 Å². The lowest BCUT2D eigenvalue weighted by Gasteiger charge is -2.23. The average Bonchev–Trinajstić information content (AvgIpc) is 2.62. The maximum atomic E-state index is 12.2. The number of benzene rings is 2. The van der Waals surface area contributed by atoms with Crippen LogP contribution in [0.25, 0.3) is 0 Å². The minimum atomic E-state index is -0.531. The van der Waals surface area contributed by atoms with E-state index < -0.39 is 6.10 Å². The molecule has 2 N–H and O–H groups in total. The van der Waals surface area contributed by atoms with Gasteiger partial charge >= 0.3 is 0 Å². The van der Waals surface area contributed by atoms with Gasteiger partial charge < -0.3 is 20.1 Å². The topological polar surface area (TPSA) is 76.7 Å². The van der Waals surface area contributed by atoms with E-state index in [2.05, 4.69) is 30.5 Å². The molecule has 27 heavy (non-hydrogen) atoms. The molecule has 0 bridgehead atoms. The van der Waals surface area contributed by atoms with Crippen molar-refractivity contribution in [1.29, 1.82) is 0 Å². The molecule has 2 aromatic rings. The zero-order valence-electron chi connectivity index (χ0n) is 16.0. The second kappa shape index (κ2) is 7.70. The fraction of sp³-hybridized carbons (Fsp3) is 0.333. The van der Waals surface area contributed by atoms with Crippen molar-refractivity contribution >= 4 is 23.2 Å². The highest BCUT2D eigenvalue weighted by molar-refractivity contribution is 5.99. The molecule has 0 aliphatic carbocycles. The van der Waals surface area contributed by atoms with E-state index in [1.54, 1.807) is 25.1 Å². The minimum absolute atomic E-state index is 0.0979. The Hall–Kier alpha value is -3.02. The highest BCUT2D eigenvalue weighted by Gasteiger charge is 2.23. The second-order valence-corrected chi connectivity index (χ2v) is 6.98. The molecule has 1 aliphatic rings. The molecule has 0 unspecified atom stereocenters. The molecule has 6 nitrogen and oxygen atoms in total. The summed E-state index contributed by atoms with van der Waals surface area (Å²) in [4.78, 5) is 24.0. The van der Waals surface area contributed by atoms with Crippen molar-refractivity contribution in [3.8, 4) is 11.5 Å². The summed E-state index contributed by atoms with van der Waals surface area (Å²) in [6.45, 7) is 7.76. The van der Waals surface area contributed by atoms with Crippen LogP contribution in [0.1, 0.15) is 37.8 Å². The van der Waals surface area contributed by atoms with Gasteiger partial charge in [0.15, 0.2) is 12.7 Å². The number of carbonyl (C=O) groups excluding carboxylic acids is 2. The van der Waals surface area contributed by atoms with E-state index in [1.807, 2.05) is 19.1 Å². The number of ether oxygens (including phenoxy) is 2. The van der Waals surface area contributed by atoms with Crippen LogP contribution >= 0.6 is 0 Å². The molecule has 3 rings (SSSR count). The molecule has 1 atom stereocenters. The van der Waals surface area contributed by atoms with E-state index >= 15 is 0 Å². The molecule has 0 radical (unpaired) electrons. The Morgan fingerprint density at radius 3 is 2.78 bits per heavy atom. The van der Waals surface area contributed by atoms with Gasteiger partial charge in [-0.25, -0.2) is 0 Å². The first-order chi connectivity index (χ1) is 12.8. The van der Waals surface area contributed by atoms with E-state index in [9.17, 15) is 9.59 Å². The molecule has 0 saturated carbocycles. The third-order valence-electron chi connectivity index (χ3n) is 4.43. The monoisotopic (exact) mass is 368 g/mol. The van der Waals surface area contributed by atoms with Crippen LogP contribution in [-0.4, -0.2) is 24.5 Å². The van der Waals surface area contributed by atoms with Gasteiger partial charge in [0.2, 0.25) is 0 Å². The summed E-state index contributed by atoms with van der Waals surface area (Å²) in [6, 6.07) is 11.2. The molecule has 6 heteroatoms. The standard InChI is InChI=1S/C21H24N2O4/c1-12(2)15-6-5-13(3)19(9-15)26-11-20(24)22-16-7-8-18-17(10-16)23-21(25)14(4)27-18/h5-10,12,14H,11H2,1-4H3,(H,22,24)(H,23,25)/t14-/m1/s1.